The van der Waals surface area contributed by atoms with Gasteiger partial charge in [0.15, 0.2) is 5.13 Å². The number of nitrogens with one attached hydrogen (secondary N) is 1. The largest absolute Gasteiger partial charge is 0.346 e. The maximum Gasteiger partial charge on any atom is 0.276 e. The van der Waals surface area contributed by atoms with Gasteiger partial charge in [-0.3, -0.25) is 14.5 Å². The lowest BCUT2D eigenvalue weighted by Crippen LogP contribution is -2.44. The van der Waals surface area contributed by atoms with Crippen LogP contribution in [0.3, 0.4) is 0 Å². The Labute approximate surface area is 183 Å². The number of fused-ring (bicyclic) bond motifs is 1. The molecule has 1 saturated heterocycles. The Morgan fingerprint density at radius 1 is 1.03 bits per heavy atom. The van der Waals surface area contributed by atoms with Crippen molar-refractivity contribution in [2.45, 2.75) is 0 Å². The zero-order chi connectivity index (χ0) is 21.4. The number of thiazole rings is 1. The van der Waals surface area contributed by atoms with Crippen molar-refractivity contribution in [2.24, 2.45) is 7.05 Å². The lowest BCUT2D eigenvalue weighted by Gasteiger charge is -2.32. The molecule has 31 heavy (non-hydrogen) atoms. The third-order valence-corrected chi connectivity index (χ3v) is 6.25. The van der Waals surface area contributed by atoms with Crippen LogP contribution in [0.2, 0.25) is 0 Å². The first kappa shape index (κ1) is 19.6. The summed E-state index contributed by atoms with van der Waals surface area (Å²) < 4.78 is 1.75. The van der Waals surface area contributed by atoms with Crippen LogP contribution in [0.4, 0.5) is 10.9 Å². The van der Waals surface area contributed by atoms with Crippen LogP contribution in [0.25, 0.3) is 22.0 Å². The van der Waals surface area contributed by atoms with E-state index in [0.29, 0.717) is 11.5 Å². The number of aryl methyl sites for hydroxylation is 1. The molecule has 1 fully saturated rings. The first-order chi connectivity index (χ1) is 15.0. The SMILES string of the molecule is CN1CCN(c2nc(C(=O)Nc3cc4cc(-c5cnn(C)c5)cnc4cn3)cs2)CC1. The summed E-state index contributed by atoms with van der Waals surface area (Å²) >= 11 is 1.50. The van der Waals surface area contributed by atoms with E-state index < -0.39 is 0 Å². The molecule has 0 aromatic carbocycles. The highest BCUT2D eigenvalue weighted by atomic mass is 32.1. The number of hydrogen-bond acceptors (Lipinski definition) is 8. The average Bonchev–Trinajstić information content (AvgIpc) is 3.43. The zero-order valence-electron chi connectivity index (χ0n) is 17.3. The van der Waals surface area contributed by atoms with Crippen LogP contribution >= 0.6 is 11.3 Å². The van der Waals surface area contributed by atoms with Gasteiger partial charge in [-0.2, -0.15) is 5.10 Å². The molecule has 0 spiro atoms. The van der Waals surface area contributed by atoms with Gasteiger partial charge >= 0.3 is 0 Å². The van der Waals surface area contributed by atoms with E-state index in [1.54, 1.807) is 28.7 Å². The van der Waals surface area contributed by atoms with E-state index in [4.69, 9.17) is 0 Å². The Balaban J connectivity index is 1.33. The molecule has 0 radical (unpaired) electrons. The summed E-state index contributed by atoms with van der Waals surface area (Å²) in [6.07, 6.45) is 7.20. The second-order valence-electron chi connectivity index (χ2n) is 7.65. The monoisotopic (exact) mass is 434 g/mol. The van der Waals surface area contributed by atoms with Crippen LogP contribution < -0.4 is 10.2 Å². The minimum absolute atomic E-state index is 0.264. The van der Waals surface area contributed by atoms with E-state index >= 15 is 0 Å². The third kappa shape index (κ3) is 4.12. The number of piperazine rings is 1. The Morgan fingerprint density at radius 2 is 1.87 bits per heavy atom. The van der Waals surface area contributed by atoms with Crippen molar-refractivity contribution in [3.8, 4) is 11.1 Å². The molecule has 0 aliphatic carbocycles. The number of carbonyl (C=O) groups excluding carboxylic acids is 1. The quantitative estimate of drug-likeness (QED) is 0.528. The molecular weight excluding hydrogens is 412 g/mol. The molecule has 0 saturated carbocycles. The third-order valence-electron chi connectivity index (χ3n) is 5.35. The number of likely N-dealkylation sites (N-methyl/N-ethyl adjacent to an activating group) is 1. The fourth-order valence-corrected chi connectivity index (χ4v) is 4.38. The van der Waals surface area contributed by atoms with E-state index in [-0.39, 0.29) is 5.91 Å². The summed E-state index contributed by atoms with van der Waals surface area (Å²) in [6, 6.07) is 3.85. The highest BCUT2D eigenvalue weighted by Gasteiger charge is 2.19. The van der Waals surface area contributed by atoms with E-state index in [1.807, 2.05) is 25.4 Å². The summed E-state index contributed by atoms with van der Waals surface area (Å²) in [7, 11) is 3.99. The van der Waals surface area contributed by atoms with Crippen molar-refractivity contribution in [3.63, 3.8) is 0 Å². The summed E-state index contributed by atoms with van der Waals surface area (Å²) in [5.74, 6) is 0.205. The van der Waals surface area contributed by atoms with Crippen LogP contribution in [-0.2, 0) is 7.05 Å². The smallest absolute Gasteiger partial charge is 0.276 e. The van der Waals surface area contributed by atoms with Gasteiger partial charge in [-0.05, 0) is 19.2 Å². The maximum atomic E-state index is 12.7. The zero-order valence-corrected chi connectivity index (χ0v) is 18.1. The van der Waals surface area contributed by atoms with E-state index in [1.165, 1.54) is 11.3 Å². The van der Waals surface area contributed by atoms with Crippen molar-refractivity contribution in [3.05, 3.63) is 48.0 Å². The number of amides is 1. The number of anilines is 2. The standard InChI is InChI=1S/C21H22N8OS/c1-27-3-5-29(6-4-27)21-25-18(13-31-21)20(30)26-19-8-14-7-15(9-22-17(14)11-23-19)16-10-24-28(2)12-16/h7-13H,3-6H2,1-2H3,(H,23,26,30). The van der Waals surface area contributed by atoms with E-state index in [0.717, 1.165) is 53.3 Å². The molecule has 9 nitrogen and oxygen atoms in total. The summed E-state index contributed by atoms with van der Waals surface area (Å²) in [6.45, 7) is 3.83. The fraction of sp³-hybridized carbons (Fsp3) is 0.286. The number of nitrogens with zero attached hydrogens (tertiary/aromatic N) is 7. The summed E-state index contributed by atoms with van der Waals surface area (Å²) in [4.78, 5) is 30.6. The lowest BCUT2D eigenvalue weighted by molar-refractivity contribution is 0.102. The van der Waals surface area contributed by atoms with Gasteiger partial charge in [0.2, 0.25) is 0 Å². The van der Waals surface area contributed by atoms with Gasteiger partial charge in [0.1, 0.15) is 11.5 Å². The lowest BCUT2D eigenvalue weighted by atomic mass is 10.1. The molecule has 4 aromatic rings. The van der Waals surface area contributed by atoms with Crippen molar-refractivity contribution in [1.82, 2.24) is 29.6 Å². The Bertz CT molecular complexity index is 1240. The van der Waals surface area contributed by atoms with E-state index in [9.17, 15) is 4.79 Å². The van der Waals surface area contributed by atoms with Crippen molar-refractivity contribution < 1.29 is 4.79 Å². The molecule has 10 heteroatoms. The molecule has 0 unspecified atom stereocenters. The summed E-state index contributed by atoms with van der Waals surface area (Å²) in [5, 5.41) is 10.6. The van der Waals surface area contributed by atoms with Crippen molar-refractivity contribution in [1.29, 1.82) is 0 Å². The average molecular weight is 435 g/mol. The van der Waals surface area contributed by atoms with Gasteiger partial charge in [-0.15, -0.1) is 11.3 Å². The molecule has 0 atom stereocenters. The van der Waals surface area contributed by atoms with E-state index in [2.05, 4.69) is 42.2 Å². The molecular formula is C21H22N8OS. The number of carbonyl (C=O) groups is 1. The van der Waals surface area contributed by atoms with Gasteiger partial charge in [-0.25, -0.2) is 9.97 Å². The summed E-state index contributed by atoms with van der Waals surface area (Å²) in [5.41, 5.74) is 3.11. The molecule has 0 bridgehead atoms. The van der Waals surface area contributed by atoms with Crippen LogP contribution in [0.5, 0.6) is 0 Å². The van der Waals surface area contributed by atoms with Gasteiger partial charge in [-0.1, -0.05) is 0 Å². The Kier molecular flexibility index (Phi) is 5.08. The number of aromatic nitrogens is 5. The first-order valence-electron chi connectivity index (χ1n) is 10.0. The minimum Gasteiger partial charge on any atom is -0.346 e. The number of rotatable bonds is 4. The van der Waals surface area contributed by atoms with Gasteiger partial charge in [0, 0.05) is 67.5 Å². The highest BCUT2D eigenvalue weighted by molar-refractivity contribution is 7.14. The predicted molar refractivity (Wildman–Crippen MR) is 122 cm³/mol. The second-order valence-corrected chi connectivity index (χ2v) is 8.49. The number of pyridine rings is 2. The van der Waals surface area contributed by atoms with Crippen LogP contribution in [-0.4, -0.2) is 68.8 Å². The topological polar surface area (TPSA) is 92.1 Å². The Morgan fingerprint density at radius 3 is 2.65 bits per heavy atom. The van der Waals surface area contributed by atoms with Gasteiger partial charge in [0.05, 0.1) is 17.9 Å². The first-order valence-corrected chi connectivity index (χ1v) is 10.9. The normalized spacial score (nSPS) is 14.8. The highest BCUT2D eigenvalue weighted by Crippen LogP contribution is 2.25. The van der Waals surface area contributed by atoms with Crippen molar-refractivity contribution in [2.75, 3.05) is 43.4 Å². The van der Waals surface area contributed by atoms with Crippen molar-refractivity contribution >= 4 is 39.1 Å². The van der Waals surface area contributed by atoms with Crippen LogP contribution in [0.15, 0.2) is 42.3 Å². The van der Waals surface area contributed by atoms with Gasteiger partial charge in [0.25, 0.3) is 5.91 Å². The molecule has 4 aromatic heterocycles. The Hall–Kier alpha value is -3.37. The second kappa shape index (κ2) is 8.05. The molecule has 1 aliphatic rings. The predicted octanol–water partition coefficient (Wildman–Crippen LogP) is 2.49. The molecule has 158 valence electrons. The molecule has 1 N–H and O–H groups in total. The maximum absolute atomic E-state index is 12.7. The van der Waals surface area contributed by atoms with Crippen LogP contribution in [0.1, 0.15) is 10.5 Å². The molecule has 1 amide bonds. The number of hydrogen-bond donors (Lipinski definition) is 1. The van der Waals surface area contributed by atoms with Gasteiger partial charge < -0.3 is 15.1 Å². The molecule has 5 rings (SSSR count). The minimum atomic E-state index is -0.264. The van der Waals surface area contributed by atoms with Crippen LogP contribution in [0, 0.1) is 0 Å². The fourth-order valence-electron chi connectivity index (χ4n) is 3.52. The molecule has 5 heterocycles. The molecule has 1 aliphatic heterocycles.